The summed E-state index contributed by atoms with van der Waals surface area (Å²) < 4.78 is 36.7. The first-order valence-electron chi connectivity index (χ1n) is 3.50. The molecule has 6 heteroatoms. The first kappa shape index (κ1) is 8.97. The van der Waals surface area contributed by atoms with E-state index in [0.717, 1.165) is 0 Å². The second-order valence-corrected chi connectivity index (χ2v) is 3.64. The molecule has 1 nitrogen and oxygen atoms in total. The summed E-state index contributed by atoms with van der Waals surface area (Å²) in [6, 6.07) is 0. The van der Waals surface area contributed by atoms with E-state index in [1.165, 1.54) is 15.7 Å². The summed E-state index contributed by atoms with van der Waals surface area (Å²) in [5.74, 6) is 0. The summed E-state index contributed by atoms with van der Waals surface area (Å²) in [6.07, 6.45) is -4.15. The van der Waals surface area contributed by atoms with Crippen LogP contribution in [0, 0.1) is 5.41 Å². The summed E-state index contributed by atoms with van der Waals surface area (Å²) in [5, 5.41) is 7.59. The van der Waals surface area contributed by atoms with E-state index in [4.69, 9.17) is 0 Å². The molecule has 11 heavy (non-hydrogen) atoms. The highest BCUT2D eigenvalue weighted by Gasteiger charge is 2.69. The fraction of sp³-hybridized carbons (Fsp3) is 1.00. The molecular weight excluding hydrogens is 155 g/mol. The molecule has 0 atom stereocenters. The van der Waals surface area contributed by atoms with E-state index in [9.17, 15) is 18.3 Å². The average Bonchev–Trinajstić information content (AvgIpc) is 2.31. The van der Waals surface area contributed by atoms with Gasteiger partial charge in [-0.25, -0.2) is 0 Å². The lowest BCUT2D eigenvalue weighted by molar-refractivity contribution is -0.209. The molecule has 1 aliphatic carbocycles. The van der Waals surface area contributed by atoms with Crippen molar-refractivity contribution in [3.63, 3.8) is 0 Å². The quantitative estimate of drug-likeness (QED) is 0.505. The Labute approximate surface area is 64.8 Å². The maximum absolute atomic E-state index is 12.2. The SMILES string of the molecule is BC(B)(O)C1(C(F)(F)F)CC1. The number of halogens is 3. The summed E-state index contributed by atoms with van der Waals surface area (Å²) >= 11 is 0. The monoisotopic (exact) mass is 164 g/mol. The van der Waals surface area contributed by atoms with Crippen molar-refractivity contribution >= 4 is 15.7 Å². The van der Waals surface area contributed by atoms with Crippen molar-refractivity contribution in [2.75, 3.05) is 0 Å². The first-order valence-corrected chi connectivity index (χ1v) is 3.50. The van der Waals surface area contributed by atoms with E-state index in [2.05, 4.69) is 0 Å². The van der Waals surface area contributed by atoms with Crippen LogP contribution < -0.4 is 0 Å². The summed E-state index contributed by atoms with van der Waals surface area (Å²) in [6.45, 7) is 0. The van der Waals surface area contributed by atoms with Gasteiger partial charge in [0.2, 0.25) is 0 Å². The topological polar surface area (TPSA) is 20.2 Å². The molecule has 1 aliphatic rings. The molecule has 0 bridgehead atoms. The van der Waals surface area contributed by atoms with Gasteiger partial charge >= 0.3 is 6.18 Å². The molecule has 0 saturated heterocycles. The molecule has 1 N–H and O–H groups in total. The van der Waals surface area contributed by atoms with Gasteiger partial charge < -0.3 is 5.11 Å². The van der Waals surface area contributed by atoms with Crippen molar-refractivity contribution in [1.29, 1.82) is 0 Å². The van der Waals surface area contributed by atoms with Gasteiger partial charge in [0.1, 0.15) is 15.7 Å². The van der Waals surface area contributed by atoms with Crippen molar-refractivity contribution < 1.29 is 18.3 Å². The van der Waals surface area contributed by atoms with Crippen molar-refractivity contribution in [2.24, 2.45) is 5.41 Å². The Kier molecular flexibility index (Phi) is 1.61. The van der Waals surface area contributed by atoms with Gasteiger partial charge in [0, 0.05) is 5.40 Å². The van der Waals surface area contributed by atoms with Crippen LogP contribution in [-0.2, 0) is 0 Å². The Balaban J connectivity index is 2.85. The third-order valence-corrected chi connectivity index (χ3v) is 2.46. The first-order chi connectivity index (χ1) is 4.71. The largest absolute Gasteiger partial charge is 0.407 e. The van der Waals surface area contributed by atoms with Crippen LogP contribution in [0.5, 0.6) is 0 Å². The zero-order valence-electron chi connectivity index (χ0n) is 6.50. The summed E-state index contributed by atoms with van der Waals surface area (Å²) in [4.78, 5) is 0. The minimum absolute atomic E-state index is 0.0556. The Morgan fingerprint density at radius 2 is 1.55 bits per heavy atom. The maximum atomic E-state index is 12.2. The number of rotatable bonds is 1. The van der Waals surface area contributed by atoms with E-state index >= 15 is 0 Å². The lowest BCUT2D eigenvalue weighted by atomic mass is 9.56. The standard InChI is InChI=1S/C5H9B2F3O/c6-4(7,11)3(1-2-3)5(8,9)10/h11H,1-2,6-7H2. The van der Waals surface area contributed by atoms with Gasteiger partial charge in [-0.2, -0.15) is 13.2 Å². The van der Waals surface area contributed by atoms with Crippen LogP contribution in [-0.4, -0.2) is 32.4 Å². The Bertz CT molecular complexity index is 152. The smallest absolute Gasteiger partial charge is 0.395 e. The molecule has 0 aliphatic heterocycles. The van der Waals surface area contributed by atoms with Crippen LogP contribution in [0.15, 0.2) is 0 Å². The van der Waals surface area contributed by atoms with Gasteiger partial charge in [-0.15, -0.1) is 0 Å². The number of hydrogen-bond donors (Lipinski definition) is 1. The van der Waals surface area contributed by atoms with Crippen molar-refractivity contribution in [1.82, 2.24) is 0 Å². The average molecular weight is 164 g/mol. The highest BCUT2D eigenvalue weighted by Crippen LogP contribution is 2.62. The van der Waals surface area contributed by atoms with Gasteiger partial charge in [-0.05, 0) is 12.8 Å². The maximum Gasteiger partial charge on any atom is 0.395 e. The Hall–Kier alpha value is -0.120. The van der Waals surface area contributed by atoms with Crippen molar-refractivity contribution in [3.05, 3.63) is 0 Å². The molecule has 1 saturated carbocycles. The summed E-state index contributed by atoms with van der Waals surface area (Å²) in [5.41, 5.74) is -1.82. The molecule has 0 aromatic heterocycles. The fourth-order valence-electron chi connectivity index (χ4n) is 1.37. The third-order valence-electron chi connectivity index (χ3n) is 2.46. The second kappa shape index (κ2) is 1.97. The van der Waals surface area contributed by atoms with Crippen LogP contribution >= 0.6 is 0 Å². The van der Waals surface area contributed by atoms with Crippen LogP contribution in [0.2, 0.25) is 0 Å². The third kappa shape index (κ3) is 1.17. The fourth-order valence-corrected chi connectivity index (χ4v) is 1.37. The second-order valence-electron chi connectivity index (χ2n) is 3.64. The van der Waals surface area contributed by atoms with Gasteiger partial charge in [0.25, 0.3) is 0 Å². The number of aliphatic hydroxyl groups is 1. The molecule has 0 amide bonds. The van der Waals surface area contributed by atoms with Crippen LogP contribution in [0.3, 0.4) is 0 Å². The van der Waals surface area contributed by atoms with E-state index in [1.54, 1.807) is 0 Å². The predicted molar refractivity (Wildman–Crippen MR) is 39.8 cm³/mol. The zero-order valence-corrected chi connectivity index (χ0v) is 6.50. The van der Waals surface area contributed by atoms with E-state index in [1.807, 2.05) is 0 Å². The minimum Gasteiger partial charge on any atom is -0.407 e. The molecule has 1 rings (SSSR count). The normalized spacial score (nSPS) is 23.3. The molecule has 0 aromatic carbocycles. The Morgan fingerprint density at radius 3 is 1.55 bits per heavy atom. The van der Waals surface area contributed by atoms with Crippen LogP contribution in [0.1, 0.15) is 12.8 Å². The van der Waals surface area contributed by atoms with Crippen molar-refractivity contribution in [3.8, 4) is 0 Å². The van der Waals surface area contributed by atoms with Crippen LogP contribution in [0.25, 0.3) is 0 Å². The molecular formula is C5H9B2F3O. The van der Waals surface area contributed by atoms with Crippen molar-refractivity contribution in [2.45, 2.75) is 24.4 Å². The predicted octanol–water partition coefficient (Wildman–Crippen LogP) is -0.759. The Morgan fingerprint density at radius 1 is 1.18 bits per heavy atom. The molecule has 1 fully saturated rings. The van der Waals surface area contributed by atoms with Gasteiger partial charge in [-0.3, -0.25) is 0 Å². The molecule has 0 heterocycles. The zero-order chi connectivity index (χ0) is 8.91. The number of hydrogen-bond acceptors (Lipinski definition) is 1. The molecule has 62 valence electrons. The van der Waals surface area contributed by atoms with E-state index < -0.39 is 17.0 Å². The molecule has 0 spiro atoms. The minimum atomic E-state index is -4.26. The van der Waals surface area contributed by atoms with E-state index in [0.29, 0.717) is 0 Å². The molecule has 0 aromatic rings. The lowest BCUT2D eigenvalue weighted by Gasteiger charge is -2.31. The lowest BCUT2D eigenvalue weighted by Crippen LogP contribution is -2.49. The highest BCUT2D eigenvalue weighted by molar-refractivity contribution is 6.39. The van der Waals surface area contributed by atoms with E-state index in [-0.39, 0.29) is 12.8 Å². The van der Waals surface area contributed by atoms with Crippen LogP contribution in [0.4, 0.5) is 13.2 Å². The van der Waals surface area contributed by atoms with Gasteiger partial charge in [0.05, 0.1) is 5.41 Å². The molecule has 0 unspecified atom stereocenters. The number of alkyl halides is 3. The van der Waals surface area contributed by atoms with Gasteiger partial charge in [0.15, 0.2) is 0 Å². The van der Waals surface area contributed by atoms with Gasteiger partial charge in [-0.1, -0.05) is 0 Å². The molecule has 0 radical (unpaired) electrons. The summed E-state index contributed by atoms with van der Waals surface area (Å²) in [7, 11) is 2.43. The highest BCUT2D eigenvalue weighted by atomic mass is 19.4.